The fourth-order valence-corrected chi connectivity index (χ4v) is 1.47. The Balaban J connectivity index is 2.10. The molecule has 1 saturated carbocycles. The first kappa shape index (κ1) is 12.8. The van der Waals surface area contributed by atoms with Crippen molar-refractivity contribution in [2.45, 2.75) is 39.2 Å². The van der Waals surface area contributed by atoms with Crippen LogP contribution in [0.2, 0.25) is 0 Å². The lowest BCUT2D eigenvalue weighted by atomic mass is 10.4. The SMILES string of the molecule is CCCN(CCNC(=O)NC1CC1)C(C)=O. The van der Waals surface area contributed by atoms with Crippen LogP contribution in [0.5, 0.6) is 0 Å². The topological polar surface area (TPSA) is 61.4 Å². The van der Waals surface area contributed by atoms with Gasteiger partial charge in [-0.25, -0.2) is 4.79 Å². The highest BCUT2D eigenvalue weighted by Gasteiger charge is 2.22. The summed E-state index contributed by atoms with van der Waals surface area (Å²) in [7, 11) is 0. The summed E-state index contributed by atoms with van der Waals surface area (Å²) in [6.07, 6.45) is 3.11. The summed E-state index contributed by atoms with van der Waals surface area (Å²) in [5, 5.41) is 5.59. The van der Waals surface area contributed by atoms with Crippen molar-refractivity contribution in [2.24, 2.45) is 0 Å². The number of hydrogen-bond donors (Lipinski definition) is 2. The number of rotatable bonds is 6. The van der Waals surface area contributed by atoms with Gasteiger partial charge in [0, 0.05) is 32.6 Å². The van der Waals surface area contributed by atoms with Crippen LogP contribution < -0.4 is 10.6 Å². The largest absolute Gasteiger partial charge is 0.341 e. The summed E-state index contributed by atoms with van der Waals surface area (Å²) in [6, 6.07) is 0.252. The first-order valence-electron chi connectivity index (χ1n) is 5.93. The van der Waals surface area contributed by atoms with Gasteiger partial charge in [0.25, 0.3) is 0 Å². The average Bonchev–Trinajstić information content (AvgIpc) is 3.00. The molecule has 0 radical (unpaired) electrons. The minimum atomic E-state index is -0.123. The van der Waals surface area contributed by atoms with Crippen molar-refractivity contribution < 1.29 is 9.59 Å². The van der Waals surface area contributed by atoms with Crippen LogP contribution in [0.25, 0.3) is 0 Å². The molecule has 0 spiro atoms. The summed E-state index contributed by atoms with van der Waals surface area (Å²) < 4.78 is 0. The van der Waals surface area contributed by atoms with Gasteiger partial charge in [-0.1, -0.05) is 6.92 Å². The van der Waals surface area contributed by atoms with Gasteiger partial charge >= 0.3 is 6.03 Å². The fourth-order valence-electron chi connectivity index (χ4n) is 1.47. The summed E-state index contributed by atoms with van der Waals surface area (Å²) in [6.45, 7) is 5.43. The van der Waals surface area contributed by atoms with Crippen LogP contribution >= 0.6 is 0 Å². The summed E-state index contributed by atoms with van der Waals surface area (Å²) in [5.74, 6) is 0.0613. The maximum atomic E-state index is 11.3. The predicted octanol–water partition coefficient (Wildman–Crippen LogP) is 0.707. The zero-order chi connectivity index (χ0) is 12.0. The van der Waals surface area contributed by atoms with Gasteiger partial charge in [-0.05, 0) is 19.3 Å². The van der Waals surface area contributed by atoms with E-state index in [1.54, 1.807) is 11.8 Å². The molecule has 0 saturated heterocycles. The van der Waals surface area contributed by atoms with Gasteiger partial charge in [0.15, 0.2) is 0 Å². The van der Waals surface area contributed by atoms with Crippen molar-refractivity contribution >= 4 is 11.9 Å². The lowest BCUT2D eigenvalue weighted by molar-refractivity contribution is -0.128. The van der Waals surface area contributed by atoms with E-state index in [0.29, 0.717) is 19.1 Å². The van der Waals surface area contributed by atoms with Crippen molar-refractivity contribution in [1.82, 2.24) is 15.5 Å². The molecule has 1 rings (SSSR count). The third-order valence-electron chi connectivity index (χ3n) is 2.52. The smallest absolute Gasteiger partial charge is 0.315 e. The van der Waals surface area contributed by atoms with Crippen LogP contribution in [0.1, 0.15) is 33.1 Å². The van der Waals surface area contributed by atoms with Crippen LogP contribution in [0, 0.1) is 0 Å². The molecule has 5 nitrogen and oxygen atoms in total. The maximum absolute atomic E-state index is 11.3. The molecular weight excluding hydrogens is 206 g/mol. The molecular formula is C11H21N3O2. The molecule has 1 aliphatic carbocycles. The molecule has 5 heteroatoms. The molecule has 3 amide bonds. The summed E-state index contributed by atoms with van der Waals surface area (Å²) in [5.41, 5.74) is 0. The van der Waals surface area contributed by atoms with Crippen LogP contribution in [0.3, 0.4) is 0 Å². The number of nitrogens with one attached hydrogen (secondary N) is 2. The Hall–Kier alpha value is -1.26. The van der Waals surface area contributed by atoms with Gasteiger partial charge in [0.05, 0.1) is 0 Å². The molecule has 0 unspecified atom stereocenters. The number of carbonyl (C=O) groups excluding carboxylic acids is 2. The number of urea groups is 1. The molecule has 0 aromatic rings. The second kappa shape index (κ2) is 6.35. The van der Waals surface area contributed by atoms with E-state index in [4.69, 9.17) is 0 Å². The van der Waals surface area contributed by atoms with Crippen LogP contribution in [-0.4, -0.2) is 42.5 Å². The second-order valence-electron chi connectivity index (χ2n) is 4.18. The Bertz CT molecular complexity index is 252. The van der Waals surface area contributed by atoms with E-state index in [-0.39, 0.29) is 11.9 Å². The van der Waals surface area contributed by atoms with Gasteiger partial charge in [0.1, 0.15) is 0 Å². The molecule has 92 valence electrons. The number of carbonyl (C=O) groups is 2. The average molecular weight is 227 g/mol. The van der Waals surface area contributed by atoms with Crippen molar-refractivity contribution in [3.63, 3.8) is 0 Å². The normalized spacial score (nSPS) is 14.4. The first-order chi connectivity index (χ1) is 7.63. The van der Waals surface area contributed by atoms with Crippen LogP contribution in [-0.2, 0) is 4.79 Å². The molecule has 16 heavy (non-hydrogen) atoms. The Morgan fingerprint density at radius 1 is 1.31 bits per heavy atom. The molecule has 0 heterocycles. The third kappa shape index (κ3) is 5.00. The molecule has 1 fully saturated rings. The Labute approximate surface area is 96.6 Å². The maximum Gasteiger partial charge on any atom is 0.315 e. The second-order valence-corrected chi connectivity index (χ2v) is 4.18. The first-order valence-corrected chi connectivity index (χ1v) is 5.93. The van der Waals surface area contributed by atoms with Crippen molar-refractivity contribution in [3.8, 4) is 0 Å². The molecule has 2 N–H and O–H groups in total. The Morgan fingerprint density at radius 3 is 2.50 bits per heavy atom. The standard InChI is InChI=1S/C11H21N3O2/c1-3-7-14(9(2)15)8-6-12-11(16)13-10-4-5-10/h10H,3-8H2,1-2H3,(H2,12,13,16). The molecule has 1 aliphatic rings. The number of amides is 3. The minimum absolute atomic E-state index is 0.0613. The fraction of sp³-hybridized carbons (Fsp3) is 0.818. The van der Waals surface area contributed by atoms with E-state index < -0.39 is 0 Å². The van der Waals surface area contributed by atoms with Gasteiger partial charge in [-0.3, -0.25) is 4.79 Å². The van der Waals surface area contributed by atoms with Crippen LogP contribution in [0.15, 0.2) is 0 Å². The third-order valence-corrected chi connectivity index (χ3v) is 2.52. The molecule has 0 aromatic heterocycles. The summed E-state index contributed by atoms with van der Waals surface area (Å²) in [4.78, 5) is 24.2. The van der Waals surface area contributed by atoms with E-state index in [1.165, 1.54) is 0 Å². The quantitative estimate of drug-likeness (QED) is 0.702. The molecule has 0 aromatic carbocycles. The van der Waals surface area contributed by atoms with Gasteiger partial charge in [-0.2, -0.15) is 0 Å². The minimum Gasteiger partial charge on any atom is -0.341 e. The van der Waals surface area contributed by atoms with E-state index >= 15 is 0 Å². The van der Waals surface area contributed by atoms with Gasteiger partial charge in [-0.15, -0.1) is 0 Å². The number of nitrogens with zero attached hydrogens (tertiary/aromatic N) is 1. The monoisotopic (exact) mass is 227 g/mol. The van der Waals surface area contributed by atoms with E-state index in [9.17, 15) is 9.59 Å². The molecule has 0 aliphatic heterocycles. The predicted molar refractivity (Wildman–Crippen MR) is 62.1 cm³/mol. The molecule has 0 atom stereocenters. The van der Waals surface area contributed by atoms with Gasteiger partial charge in [0.2, 0.25) is 5.91 Å². The highest BCUT2D eigenvalue weighted by molar-refractivity contribution is 5.75. The molecule has 0 bridgehead atoms. The van der Waals surface area contributed by atoms with E-state index in [1.807, 2.05) is 6.92 Å². The highest BCUT2D eigenvalue weighted by atomic mass is 16.2. The Morgan fingerprint density at radius 2 is 2.00 bits per heavy atom. The number of hydrogen-bond acceptors (Lipinski definition) is 2. The lowest BCUT2D eigenvalue weighted by Crippen LogP contribution is -2.42. The van der Waals surface area contributed by atoms with Crippen molar-refractivity contribution in [1.29, 1.82) is 0 Å². The lowest BCUT2D eigenvalue weighted by Gasteiger charge is -2.20. The van der Waals surface area contributed by atoms with E-state index in [0.717, 1.165) is 25.8 Å². The Kier molecular flexibility index (Phi) is 5.08. The van der Waals surface area contributed by atoms with Gasteiger partial charge < -0.3 is 15.5 Å². The van der Waals surface area contributed by atoms with Crippen molar-refractivity contribution in [2.75, 3.05) is 19.6 Å². The summed E-state index contributed by atoms with van der Waals surface area (Å²) >= 11 is 0. The van der Waals surface area contributed by atoms with E-state index in [2.05, 4.69) is 10.6 Å². The van der Waals surface area contributed by atoms with Crippen LogP contribution in [0.4, 0.5) is 4.79 Å². The highest BCUT2D eigenvalue weighted by Crippen LogP contribution is 2.18. The zero-order valence-electron chi connectivity index (χ0n) is 10.1. The zero-order valence-corrected chi connectivity index (χ0v) is 10.1. The van der Waals surface area contributed by atoms with Crippen molar-refractivity contribution in [3.05, 3.63) is 0 Å².